The third kappa shape index (κ3) is 3.69. The molecule has 4 rings (SSSR count). The lowest BCUT2D eigenvalue weighted by Crippen LogP contribution is -2.41. The average molecular weight is 340 g/mol. The molecule has 2 N–H and O–H groups in total. The Morgan fingerprint density at radius 2 is 2.16 bits per heavy atom. The van der Waals surface area contributed by atoms with Gasteiger partial charge in [0.05, 0.1) is 0 Å². The lowest BCUT2D eigenvalue weighted by molar-refractivity contribution is -0.125. The highest BCUT2D eigenvalue weighted by molar-refractivity contribution is 5.79. The highest BCUT2D eigenvalue weighted by Gasteiger charge is 2.27. The molecule has 2 aliphatic rings. The highest BCUT2D eigenvalue weighted by atomic mass is 16.4. The molecule has 1 amide bonds. The van der Waals surface area contributed by atoms with Crippen LogP contribution in [0.2, 0.25) is 0 Å². The third-order valence-electron chi connectivity index (χ3n) is 5.07. The number of amides is 1. The van der Waals surface area contributed by atoms with E-state index >= 15 is 0 Å². The zero-order chi connectivity index (χ0) is 17.1. The zero-order valence-electron chi connectivity index (χ0n) is 14.3. The number of fused-ring (bicyclic) bond motifs is 1. The molecule has 25 heavy (non-hydrogen) atoms. The van der Waals surface area contributed by atoms with Crippen molar-refractivity contribution in [1.29, 1.82) is 0 Å². The summed E-state index contributed by atoms with van der Waals surface area (Å²) < 4.78 is 5.83. The van der Waals surface area contributed by atoms with Gasteiger partial charge in [0.1, 0.15) is 5.52 Å². The molecule has 6 nitrogen and oxygen atoms in total. The van der Waals surface area contributed by atoms with Crippen molar-refractivity contribution >= 4 is 23.0 Å². The number of hydrogen-bond acceptors (Lipinski definition) is 5. The fourth-order valence-corrected chi connectivity index (χ4v) is 3.50. The van der Waals surface area contributed by atoms with Crippen molar-refractivity contribution in [3.63, 3.8) is 0 Å². The van der Waals surface area contributed by atoms with Gasteiger partial charge >= 0.3 is 0 Å². The molecule has 0 unspecified atom stereocenters. The van der Waals surface area contributed by atoms with Crippen molar-refractivity contribution in [3.8, 4) is 0 Å². The van der Waals surface area contributed by atoms with E-state index in [0.717, 1.165) is 56.5 Å². The smallest absolute Gasteiger partial charge is 0.298 e. The summed E-state index contributed by atoms with van der Waals surface area (Å²) >= 11 is 0. The topological polar surface area (TPSA) is 70.4 Å². The van der Waals surface area contributed by atoms with Gasteiger partial charge in [-0.05, 0) is 37.9 Å². The molecule has 1 fully saturated rings. The quantitative estimate of drug-likeness (QED) is 0.834. The fourth-order valence-electron chi connectivity index (χ4n) is 3.50. The Hall–Kier alpha value is -2.34. The lowest BCUT2D eigenvalue weighted by atomic mass is 9.96. The Kier molecular flexibility index (Phi) is 4.70. The molecule has 0 spiro atoms. The van der Waals surface area contributed by atoms with E-state index in [4.69, 9.17) is 4.42 Å². The second kappa shape index (κ2) is 7.27. The first kappa shape index (κ1) is 16.1. The van der Waals surface area contributed by atoms with Gasteiger partial charge in [0.2, 0.25) is 5.91 Å². The summed E-state index contributed by atoms with van der Waals surface area (Å²) in [5, 5.41) is 6.39. The van der Waals surface area contributed by atoms with Crippen LogP contribution >= 0.6 is 0 Å². The largest absolute Gasteiger partial charge is 0.423 e. The van der Waals surface area contributed by atoms with E-state index < -0.39 is 0 Å². The van der Waals surface area contributed by atoms with Gasteiger partial charge in [-0.15, -0.1) is 0 Å². The van der Waals surface area contributed by atoms with Crippen molar-refractivity contribution < 1.29 is 9.21 Å². The van der Waals surface area contributed by atoms with Crippen molar-refractivity contribution in [2.24, 2.45) is 5.92 Å². The van der Waals surface area contributed by atoms with Crippen LogP contribution in [0.1, 0.15) is 19.3 Å². The summed E-state index contributed by atoms with van der Waals surface area (Å²) in [7, 11) is 0. The second-order valence-corrected chi connectivity index (χ2v) is 6.76. The summed E-state index contributed by atoms with van der Waals surface area (Å²) in [6.07, 6.45) is 4.88. The number of nitrogens with zero attached hydrogens (tertiary/aromatic N) is 2. The van der Waals surface area contributed by atoms with Gasteiger partial charge in [0.15, 0.2) is 5.58 Å². The Morgan fingerprint density at radius 1 is 1.32 bits per heavy atom. The predicted octanol–water partition coefficient (Wildman–Crippen LogP) is 2.08. The standard InChI is InChI=1S/C19H24N4O2/c24-18(21-13-14-5-9-20-10-6-14)15-7-11-23(12-8-15)19-22-16-3-1-2-4-17(16)25-19/h1-5,15,20H,6-13H2,(H,21,24). The van der Waals surface area contributed by atoms with E-state index in [-0.39, 0.29) is 11.8 Å². The number of rotatable bonds is 4. The molecule has 1 aromatic carbocycles. The Bertz CT molecular complexity index is 742. The number of hydrogen-bond donors (Lipinski definition) is 2. The fraction of sp³-hybridized carbons (Fsp3) is 0.474. The summed E-state index contributed by atoms with van der Waals surface area (Å²) in [4.78, 5) is 19.1. The first-order chi connectivity index (χ1) is 12.3. The number of carbonyl (C=O) groups is 1. The molecule has 1 aromatic heterocycles. The molecule has 0 radical (unpaired) electrons. The van der Waals surface area contributed by atoms with Gasteiger partial charge in [0, 0.05) is 32.1 Å². The first-order valence-corrected chi connectivity index (χ1v) is 9.06. The number of aromatic nitrogens is 1. The minimum atomic E-state index is 0.0861. The first-order valence-electron chi connectivity index (χ1n) is 9.06. The molecule has 2 aromatic rings. The zero-order valence-corrected chi connectivity index (χ0v) is 14.3. The Labute approximate surface area is 147 Å². The summed E-state index contributed by atoms with van der Waals surface area (Å²) in [5.41, 5.74) is 3.02. The predicted molar refractivity (Wildman–Crippen MR) is 97.5 cm³/mol. The van der Waals surface area contributed by atoms with Crippen molar-refractivity contribution in [2.75, 3.05) is 37.6 Å². The lowest BCUT2D eigenvalue weighted by Gasteiger charge is -2.30. The van der Waals surface area contributed by atoms with Crippen LogP contribution < -0.4 is 15.5 Å². The van der Waals surface area contributed by atoms with Crippen LogP contribution in [0.5, 0.6) is 0 Å². The van der Waals surface area contributed by atoms with E-state index in [1.165, 1.54) is 5.57 Å². The Morgan fingerprint density at radius 3 is 2.92 bits per heavy atom. The number of piperidine rings is 1. The minimum absolute atomic E-state index is 0.0861. The summed E-state index contributed by atoms with van der Waals surface area (Å²) in [6.45, 7) is 4.21. The molecular formula is C19H24N4O2. The molecule has 0 aliphatic carbocycles. The van der Waals surface area contributed by atoms with E-state index in [1.54, 1.807) is 0 Å². The molecule has 0 bridgehead atoms. The number of benzene rings is 1. The van der Waals surface area contributed by atoms with Crippen LogP contribution in [0.3, 0.4) is 0 Å². The number of anilines is 1. The van der Waals surface area contributed by atoms with Crippen molar-refractivity contribution in [3.05, 3.63) is 35.9 Å². The molecule has 1 saturated heterocycles. The molecular weight excluding hydrogens is 316 g/mol. The van der Waals surface area contributed by atoms with Gasteiger partial charge in [-0.1, -0.05) is 23.8 Å². The molecule has 2 aliphatic heterocycles. The van der Waals surface area contributed by atoms with Gasteiger partial charge in [0.25, 0.3) is 6.01 Å². The average Bonchev–Trinajstić information content (AvgIpc) is 3.11. The van der Waals surface area contributed by atoms with Gasteiger partial charge in [-0.3, -0.25) is 4.79 Å². The van der Waals surface area contributed by atoms with Crippen LogP contribution in [0.4, 0.5) is 6.01 Å². The maximum absolute atomic E-state index is 12.4. The van der Waals surface area contributed by atoms with Crippen LogP contribution in [0.15, 0.2) is 40.3 Å². The third-order valence-corrected chi connectivity index (χ3v) is 5.07. The van der Waals surface area contributed by atoms with Crippen molar-refractivity contribution in [2.45, 2.75) is 19.3 Å². The van der Waals surface area contributed by atoms with Crippen LogP contribution in [0, 0.1) is 5.92 Å². The molecule has 0 saturated carbocycles. The monoisotopic (exact) mass is 340 g/mol. The molecule has 3 heterocycles. The Balaban J connectivity index is 1.30. The van der Waals surface area contributed by atoms with Crippen molar-refractivity contribution in [1.82, 2.24) is 15.6 Å². The van der Waals surface area contributed by atoms with Gasteiger partial charge in [-0.2, -0.15) is 4.98 Å². The van der Waals surface area contributed by atoms with E-state index in [1.807, 2.05) is 24.3 Å². The number of oxazole rings is 1. The second-order valence-electron chi connectivity index (χ2n) is 6.76. The minimum Gasteiger partial charge on any atom is -0.423 e. The van der Waals surface area contributed by atoms with E-state index in [0.29, 0.717) is 12.6 Å². The van der Waals surface area contributed by atoms with Crippen LogP contribution in [-0.2, 0) is 4.79 Å². The normalized spacial score (nSPS) is 19.0. The summed E-state index contributed by atoms with van der Waals surface area (Å²) in [5.74, 6) is 0.264. The number of carbonyl (C=O) groups excluding carboxylic acids is 1. The summed E-state index contributed by atoms with van der Waals surface area (Å²) in [6, 6.07) is 8.47. The van der Waals surface area contributed by atoms with E-state index in [9.17, 15) is 4.79 Å². The molecule has 132 valence electrons. The molecule has 6 heteroatoms. The number of para-hydroxylation sites is 2. The SMILES string of the molecule is O=C(NCC1=CCNCC1)C1CCN(c2nc3ccccc3o2)CC1. The number of nitrogens with one attached hydrogen (secondary N) is 2. The van der Waals surface area contributed by atoms with Gasteiger partial charge < -0.3 is 20.0 Å². The molecule has 0 atom stereocenters. The van der Waals surface area contributed by atoms with Crippen LogP contribution in [0.25, 0.3) is 11.1 Å². The van der Waals surface area contributed by atoms with Crippen LogP contribution in [-0.4, -0.2) is 43.6 Å². The maximum atomic E-state index is 12.4. The maximum Gasteiger partial charge on any atom is 0.298 e. The highest BCUT2D eigenvalue weighted by Crippen LogP contribution is 2.26. The van der Waals surface area contributed by atoms with Gasteiger partial charge in [-0.25, -0.2) is 0 Å². The van der Waals surface area contributed by atoms with E-state index in [2.05, 4.69) is 26.6 Å².